The summed E-state index contributed by atoms with van der Waals surface area (Å²) in [6, 6.07) is 6.74. The van der Waals surface area contributed by atoms with E-state index >= 15 is 0 Å². The van der Waals surface area contributed by atoms with Gasteiger partial charge in [0, 0.05) is 26.2 Å². The lowest BCUT2D eigenvalue weighted by Crippen LogP contribution is -2.46. The summed E-state index contributed by atoms with van der Waals surface area (Å²) in [5.41, 5.74) is -0.228. The Morgan fingerprint density at radius 1 is 1.29 bits per heavy atom. The predicted molar refractivity (Wildman–Crippen MR) is 94.8 cm³/mol. The summed E-state index contributed by atoms with van der Waals surface area (Å²) in [5, 5.41) is 17.8. The van der Waals surface area contributed by atoms with E-state index in [0.29, 0.717) is 11.4 Å². The second-order valence-electron chi connectivity index (χ2n) is 6.82. The second-order valence-corrected chi connectivity index (χ2v) is 6.82. The molecule has 3 rings (SSSR count). The second kappa shape index (κ2) is 7.34. The van der Waals surface area contributed by atoms with E-state index in [9.17, 15) is 23.1 Å². The highest BCUT2D eigenvalue weighted by Crippen LogP contribution is 2.35. The van der Waals surface area contributed by atoms with Gasteiger partial charge in [0.1, 0.15) is 11.6 Å². The van der Waals surface area contributed by atoms with Crippen LogP contribution in [0.5, 0.6) is 5.75 Å². The third-order valence-corrected chi connectivity index (χ3v) is 4.72. The van der Waals surface area contributed by atoms with Crippen LogP contribution in [-0.4, -0.2) is 45.3 Å². The minimum atomic E-state index is -4.80. The Bertz CT molecular complexity index is 858. The number of alkyl halides is 3. The first kappa shape index (κ1) is 20.0. The number of benzene rings is 1. The van der Waals surface area contributed by atoms with Crippen molar-refractivity contribution in [2.75, 3.05) is 18.4 Å². The molecule has 0 spiro atoms. The number of amides is 2. The van der Waals surface area contributed by atoms with Gasteiger partial charge in [-0.25, -0.2) is 4.79 Å². The molecule has 28 heavy (non-hydrogen) atoms. The van der Waals surface area contributed by atoms with Crippen molar-refractivity contribution in [2.45, 2.75) is 31.7 Å². The lowest BCUT2D eigenvalue weighted by molar-refractivity contribution is -0.274. The van der Waals surface area contributed by atoms with Crippen LogP contribution in [0.4, 0.5) is 23.8 Å². The van der Waals surface area contributed by atoms with E-state index in [2.05, 4.69) is 15.2 Å². The molecule has 0 bridgehead atoms. The van der Waals surface area contributed by atoms with Crippen LogP contribution in [0.15, 0.2) is 30.3 Å². The first-order valence-electron chi connectivity index (χ1n) is 8.71. The van der Waals surface area contributed by atoms with Gasteiger partial charge in [-0.05, 0) is 37.5 Å². The Labute approximate surface area is 159 Å². The molecule has 1 aliphatic heterocycles. The van der Waals surface area contributed by atoms with E-state index in [1.54, 1.807) is 28.8 Å². The van der Waals surface area contributed by atoms with Crippen LogP contribution in [0.1, 0.15) is 24.1 Å². The van der Waals surface area contributed by atoms with Crippen LogP contribution in [0.25, 0.3) is 0 Å². The number of nitrogens with zero attached hydrogens (tertiary/aromatic N) is 3. The van der Waals surface area contributed by atoms with Gasteiger partial charge < -0.3 is 14.7 Å². The van der Waals surface area contributed by atoms with Crippen molar-refractivity contribution in [3.8, 4) is 5.75 Å². The number of carbonyl (C=O) groups excluding carboxylic acids is 1. The monoisotopic (exact) mass is 398 g/mol. The molecule has 0 unspecified atom stereocenters. The summed E-state index contributed by atoms with van der Waals surface area (Å²) in [6.07, 6.45) is -4.41. The number of aliphatic hydroxyl groups is 1. The molecule has 0 radical (unpaired) electrons. The van der Waals surface area contributed by atoms with E-state index in [4.69, 9.17) is 0 Å². The summed E-state index contributed by atoms with van der Waals surface area (Å²) in [5.74, 6) is 0.172. The third-order valence-electron chi connectivity index (χ3n) is 4.72. The van der Waals surface area contributed by atoms with Crippen molar-refractivity contribution in [2.24, 2.45) is 7.05 Å². The van der Waals surface area contributed by atoms with Gasteiger partial charge >= 0.3 is 12.4 Å². The number of hydrogen-bond donors (Lipinski definition) is 2. The zero-order valence-electron chi connectivity index (χ0n) is 15.5. The van der Waals surface area contributed by atoms with Gasteiger partial charge in [-0.3, -0.25) is 10.00 Å². The molecule has 2 amide bonds. The maximum absolute atomic E-state index is 12.4. The number of anilines is 1. The SMILES string of the molecule is Cc1cc(NC(=O)N2CCC(O)(c3cccc(OC(F)(F)F)c3)CC2)n(C)n1. The van der Waals surface area contributed by atoms with Gasteiger partial charge in [0.25, 0.3) is 0 Å². The van der Waals surface area contributed by atoms with Crippen LogP contribution in [0.2, 0.25) is 0 Å². The number of nitrogens with one attached hydrogen (secondary N) is 1. The molecule has 2 N–H and O–H groups in total. The molecule has 10 heteroatoms. The van der Waals surface area contributed by atoms with Gasteiger partial charge in [-0.2, -0.15) is 5.10 Å². The number of carbonyl (C=O) groups is 1. The lowest BCUT2D eigenvalue weighted by atomic mass is 9.84. The molecule has 1 aromatic carbocycles. The molecule has 0 aliphatic carbocycles. The zero-order valence-corrected chi connectivity index (χ0v) is 15.5. The van der Waals surface area contributed by atoms with Crippen LogP contribution < -0.4 is 10.1 Å². The molecule has 2 aromatic rings. The van der Waals surface area contributed by atoms with Crippen LogP contribution in [0.3, 0.4) is 0 Å². The van der Waals surface area contributed by atoms with Crippen LogP contribution in [0, 0.1) is 6.92 Å². The fraction of sp³-hybridized carbons (Fsp3) is 0.444. The van der Waals surface area contributed by atoms with E-state index in [1.807, 2.05) is 6.92 Å². The number of rotatable bonds is 3. The average molecular weight is 398 g/mol. The van der Waals surface area contributed by atoms with E-state index < -0.39 is 12.0 Å². The highest BCUT2D eigenvalue weighted by molar-refractivity contribution is 5.88. The van der Waals surface area contributed by atoms with Gasteiger partial charge in [0.15, 0.2) is 0 Å². The summed E-state index contributed by atoms with van der Waals surface area (Å²) in [4.78, 5) is 14.0. The molecule has 1 fully saturated rings. The molecule has 1 saturated heterocycles. The maximum atomic E-state index is 12.4. The number of hydrogen-bond acceptors (Lipinski definition) is 4. The van der Waals surface area contributed by atoms with E-state index in [1.165, 1.54) is 18.2 Å². The molecular weight excluding hydrogens is 377 g/mol. The largest absolute Gasteiger partial charge is 0.573 e. The maximum Gasteiger partial charge on any atom is 0.573 e. The van der Waals surface area contributed by atoms with Crippen LogP contribution >= 0.6 is 0 Å². The number of piperidine rings is 1. The number of urea groups is 1. The Hall–Kier alpha value is -2.75. The predicted octanol–water partition coefficient (Wildman–Crippen LogP) is 3.14. The van der Waals surface area contributed by atoms with Crippen molar-refractivity contribution in [3.63, 3.8) is 0 Å². The van der Waals surface area contributed by atoms with Crippen molar-refractivity contribution < 1.29 is 27.8 Å². The Morgan fingerprint density at radius 2 is 1.96 bits per heavy atom. The highest BCUT2D eigenvalue weighted by atomic mass is 19.4. The van der Waals surface area contributed by atoms with Crippen molar-refractivity contribution in [1.29, 1.82) is 0 Å². The summed E-state index contributed by atoms with van der Waals surface area (Å²) in [6.45, 7) is 2.32. The Kier molecular flexibility index (Phi) is 5.24. The van der Waals surface area contributed by atoms with Gasteiger partial charge in [0.05, 0.1) is 11.3 Å². The number of ether oxygens (including phenoxy) is 1. The smallest absolute Gasteiger partial charge is 0.406 e. The summed E-state index contributed by atoms with van der Waals surface area (Å²) < 4.78 is 42.7. The van der Waals surface area contributed by atoms with E-state index in [0.717, 1.165) is 5.69 Å². The number of likely N-dealkylation sites (tertiary alicyclic amines) is 1. The Morgan fingerprint density at radius 3 is 2.54 bits per heavy atom. The topological polar surface area (TPSA) is 79.6 Å². The average Bonchev–Trinajstić information content (AvgIpc) is 2.91. The quantitative estimate of drug-likeness (QED) is 0.833. The number of aryl methyl sites for hydroxylation is 2. The van der Waals surface area contributed by atoms with Crippen molar-refractivity contribution >= 4 is 11.8 Å². The molecular formula is C18H21F3N4O3. The molecule has 2 heterocycles. The van der Waals surface area contributed by atoms with Crippen molar-refractivity contribution in [3.05, 3.63) is 41.6 Å². The van der Waals surface area contributed by atoms with Gasteiger partial charge in [-0.1, -0.05) is 12.1 Å². The number of aromatic nitrogens is 2. The Balaban J connectivity index is 1.64. The normalized spacial score (nSPS) is 16.7. The highest BCUT2D eigenvalue weighted by Gasteiger charge is 2.37. The van der Waals surface area contributed by atoms with Crippen molar-refractivity contribution in [1.82, 2.24) is 14.7 Å². The first-order chi connectivity index (χ1) is 13.1. The lowest BCUT2D eigenvalue weighted by Gasteiger charge is -2.38. The van der Waals surface area contributed by atoms with Crippen LogP contribution in [-0.2, 0) is 12.6 Å². The fourth-order valence-electron chi connectivity index (χ4n) is 3.27. The minimum Gasteiger partial charge on any atom is -0.406 e. The third kappa shape index (κ3) is 4.56. The standard InChI is InChI=1S/C18H21F3N4O3/c1-12-10-15(24(2)23-12)22-16(26)25-8-6-17(27,7-9-25)13-4-3-5-14(11-13)28-18(19,20)21/h3-5,10-11,27H,6-9H2,1-2H3,(H,22,26). The first-order valence-corrected chi connectivity index (χ1v) is 8.71. The van der Waals surface area contributed by atoms with E-state index in [-0.39, 0.29) is 37.7 Å². The van der Waals surface area contributed by atoms with Gasteiger partial charge in [0.2, 0.25) is 0 Å². The molecule has 0 atom stereocenters. The molecule has 0 saturated carbocycles. The number of halogens is 3. The summed E-state index contributed by atoms with van der Waals surface area (Å²) >= 11 is 0. The zero-order chi connectivity index (χ0) is 20.5. The molecule has 1 aromatic heterocycles. The summed E-state index contributed by atoms with van der Waals surface area (Å²) in [7, 11) is 1.72. The molecule has 1 aliphatic rings. The minimum absolute atomic E-state index is 0.195. The molecule has 7 nitrogen and oxygen atoms in total. The van der Waals surface area contributed by atoms with Gasteiger partial charge in [-0.15, -0.1) is 13.2 Å². The fourth-order valence-corrected chi connectivity index (χ4v) is 3.27. The molecule has 152 valence electrons.